The van der Waals surface area contributed by atoms with Crippen molar-refractivity contribution in [1.82, 2.24) is 4.98 Å². The van der Waals surface area contributed by atoms with Gasteiger partial charge >= 0.3 is 0 Å². The van der Waals surface area contributed by atoms with Crippen LogP contribution in [0.4, 0.5) is 11.4 Å². The Bertz CT molecular complexity index is 585. The van der Waals surface area contributed by atoms with Gasteiger partial charge in [0.1, 0.15) is 11.4 Å². The first kappa shape index (κ1) is 15.1. The Labute approximate surface area is 124 Å². The van der Waals surface area contributed by atoms with Crippen molar-refractivity contribution in [3.8, 4) is 5.75 Å². The molecule has 0 aliphatic rings. The number of hydrogen-bond acceptors (Lipinski definition) is 5. The number of aliphatic hydroxyl groups excluding tert-OH is 1. The number of aryl methyl sites for hydroxylation is 1. The van der Waals surface area contributed by atoms with Crippen LogP contribution in [0.2, 0.25) is 0 Å². The average Bonchev–Trinajstić information content (AvgIpc) is 2.49. The van der Waals surface area contributed by atoms with E-state index in [1.807, 2.05) is 43.1 Å². The number of aromatic nitrogens is 1. The average molecular weight is 287 g/mol. The number of benzene rings is 1. The summed E-state index contributed by atoms with van der Waals surface area (Å²) in [7, 11) is 1.94. The highest BCUT2D eigenvalue weighted by Crippen LogP contribution is 2.19. The normalized spacial score (nSPS) is 10.4. The summed E-state index contributed by atoms with van der Waals surface area (Å²) in [5.41, 5.74) is 3.52. The fourth-order valence-electron chi connectivity index (χ4n) is 2.03. The molecule has 3 N–H and O–H groups in total. The zero-order chi connectivity index (χ0) is 15.2. The molecule has 0 saturated heterocycles. The first-order chi connectivity index (χ1) is 10.1. The number of likely N-dealkylation sites (N-methyl/N-ethyl adjacent to an activating group) is 1. The smallest absolute Gasteiger partial charge is 0.138 e. The third-order valence-corrected chi connectivity index (χ3v) is 3.29. The third kappa shape index (κ3) is 4.10. The van der Waals surface area contributed by atoms with Crippen molar-refractivity contribution in [1.29, 1.82) is 0 Å². The molecule has 5 nitrogen and oxygen atoms in total. The monoisotopic (exact) mass is 287 g/mol. The minimum absolute atomic E-state index is 0.134. The Morgan fingerprint density at radius 3 is 2.52 bits per heavy atom. The fourth-order valence-corrected chi connectivity index (χ4v) is 2.03. The molecule has 0 aliphatic carbocycles. The number of hydrogen-bond donors (Lipinski definition) is 3. The molecule has 112 valence electrons. The molecule has 2 aromatic rings. The number of aliphatic hydroxyl groups is 1. The summed E-state index contributed by atoms with van der Waals surface area (Å²) < 4.78 is 0. The lowest BCUT2D eigenvalue weighted by atomic mass is 10.2. The number of nitrogens with one attached hydrogen (secondary N) is 1. The molecule has 0 amide bonds. The van der Waals surface area contributed by atoms with E-state index in [4.69, 9.17) is 5.11 Å². The number of anilines is 2. The first-order valence-corrected chi connectivity index (χ1v) is 6.91. The van der Waals surface area contributed by atoms with E-state index in [-0.39, 0.29) is 12.4 Å². The summed E-state index contributed by atoms with van der Waals surface area (Å²) in [5.74, 6) is 0.201. The van der Waals surface area contributed by atoms with Gasteiger partial charge in [0.05, 0.1) is 13.2 Å². The zero-order valence-corrected chi connectivity index (χ0v) is 12.4. The van der Waals surface area contributed by atoms with Gasteiger partial charge in [-0.2, -0.15) is 0 Å². The van der Waals surface area contributed by atoms with Gasteiger partial charge in [0, 0.05) is 30.7 Å². The largest absolute Gasteiger partial charge is 0.506 e. The van der Waals surface area contributed by atoms with Gasteiger partial charge < -0.3 is 20.4 Å². The molecule has 1 heterocycles. The summed E-state index contributed by atoms with van der Waals surface area (Å²) in [5, 5.41) is 21.9. The second-order valence-electron chi connectivity index (χ2n) is 4.96. The maximum Gasteiger partial charge on any atom is 0.138 e. The molecular formula is C16H21N3O2. The SMILES string of the molecule is Cc1ccc(O)c(CNc2ccc(N(C)CCO)cc2)n1. The molecule has 0 bridgehead atoms. The lowest BCUT2D eigenvalue weighted by Crippen LogP contribution is -2.20. The van der Waals surface area contributed by atoms with Gasteiger partial charge in [-0.1, -0.05) is 0 Å². The molecule has 2 rings (SSSR count). The van der Waals surface area contributed by atoms with Gasteiger partial charge in [0.25, 0.3) is 0 Å². The molecule has 0 unspecified atom stereocenters. The second-order valence-corrected chi connectivity index (χ2v) is 4.96. The van der Waals surface area contributed by atoms with Crippen molar-refractivity contribution in [2.45, 2.75) is 13.5 Å². The van der Waals surface area contributed by atoms with Crippen LogP contribution in [0.15, 0.2) is 36.4 Å². The Balaban J connectivity index is 1.99. The van der Waals surface area contributed by atoms with Crippen LogP contribution in [0.1, 0.15) is 11.4 Å². The van der Waals surface area contributed by atoms with Crippen molar-refractivity contribution in [3.05, 3.63) is 47.8 Å². The molecule has 0 radical (unpaired) electrons. The van der Waals surface area contributed by atoms with E-state index in [0.717, 1.165) is 17.1 Å². The molecule has 0 saturated carbocycles. The van der Waals surface area contributed by atoms with Crippen molar-refractivity contribution < 1.29 is 10.2 Å². The van der Waals surface area contributed by atoms with Crippen LogP contribution in [0.5, 0.6) is 5.75 Å². The highest BCUT2D eigenvalue weighted by molar-refractivity contribution is 5.55. The van der Waals surface area contributed by atoms with Crippen molar-refractivity contribution in [2.24, 2.45) is 0 Å². The minimum Gasteiger partial charge on any atom is -0.506 e. The van der Waals surface area contributed by atoms with Gasteiger partial charge in [0.2, 0.25) is 0 Å². The summed E-state index contributed by atoms with van der Waals surface area (Å²) in [6, 6.07) is 11.4. The van der Waals surface area contributed by atoms with Crippen LogP contribution in [-0.4, -0.2) is 35.4 Å². The van der Waals surface area contributed by atoms with E-state index in [0.29, 0.717) is 18.8 Å². The van der Waals surface area contributed by atoms with Gasteiger partial charge in [-0.3, -0.25) is 4.98 Å². The van der Waals surface area contributed by atoms with E-state index in [1.54, 1.807) is 12.1 Å². The van der Waals surface area contributed by atoms with Gasteiger partial charge in [-0.05, 0) is 43.3 Å². The van der Waals surface area contributed by atoms with Crippen LogP contribution in [-0.2, 0) is 6.54 Å². The maximum atomic E-state index is 9.76. The Kier molecular flexibility index (Phi) is 5.00. The Morgan fingerprint density at radius 1 is 1.14 bits per heavy atom. The van der Waals surface area contributed by atoms with E-state index in [9.17, 15) is 5.11 Å². The quantitative estimate of drug-likeness (QED) is 0.759. The fraction of sp³-hybridized carbons (Fsp3) is 0.312. The van der Waals surface area contributed by atoms with Crippen LogP contribution in [0, 0.1) is 6.92 Å². The van der Waals surface area contributed by atoms with Gasteiger partial charge in [-0.25, -0.2) is 0 Å². The summed E-state index contributed by atoms with van der Waals surface area (Å²) in [6.45, 7) is 3.11. The van der Waals surface area contributed by atoms with Crippen LogP contribution < -0.4 is 10.2 Å². The molecule has 1 aromatic carbocycles. The van der Waals surface area contributed by atoms with Gasteiger partial charge in [0.15, 0.2) is 0 Å². The zero-order valence-electron chi connectivity index (χ0n) is 12.4. The highest BCUT2D eigenvalue weighted by atomic mass is 16.3. The summed E-state index contributed by atoms with van der Waals surface area (Å²) >= 11 is 0. The number of rotatable bonds is 6. The number of pyridine rings is 1. The molecule has 0 atom stereocenters. The predicted octanol–water partition coefficient (Wildman–Crippen LogP) is 2.14. The first-order valence-electron chi connectivity index (χ1n) is 6.91. The topological polar surface area (TPSA) is 68.6 Å². The van der Waals surface area contributed by atoms with Crippen molar-refractivity contribution in [2.75, 3.05) is 30.4 Å². The van der Waals surface area contributed by atoms with E-state index >= 15 is 0 Å². The van der Waals surface area contributed by atoms with Crippen LogP contribution in [0.3, 0.4) is 0 Å². The van der Waals surface area contributed by atoms with E-state index in [2.05, 4.69) is 10.3 Å². The molecule has 0 aliphatic heterocycles. The number of nitrogens with zero attached hydrogens (tertiary/aromatic N) is 2. The molecule has 0 fully saturated rings. The van der Waals surface area contributed by atoms with Crippen molar-refractivity contribution in [3.63, 3.8) is 0 Å². The second kappa shape index (κ2) is 6.95. The lowest BCUT2D eigenvalue weighted by Gasteiger charge is -2.18. The molecule has 1 aromatic heterocycles. The summed E-state index contributed by atoms with van der Waals surface area (Å²) in [4.78, 5) is 6.29. The highest BCUT2D eigenvalue weighted by Gasteiger charge is 2.04. The van der Waals surface area contributed by atoms with Gasteiger partial charge in [-0.15, -0.1) is 0 Å². The molecule has 21 heavy (non-hydrogen) atoms. The minimum atomic E-state index is 0.134. The predicted molar refractivity (Wildman–Crippen MR) is 84.8 cm³/mol. The van der Waals surface area contributed by atoms with E-state index in [1.165, 1.54) is 0 Å². The van der Waals surface area contributed by atoms with Crippen molar-refractivity contribution >= 4 is 11.4 Å². The molecular weight excluding hydrogens is 266 g/mol. The standard InChI is InChI=1S/C16H21N3O2/c1-12-3-8-16(21)15(18-12)11-17-13-4-6-14(7-5-13)19(2)9-10-20/h3-8,17,20-21H,9-11H2,1-2H3. The summed E-state index contributed by atoms with van der Waals surface area (Å²) in [6.07, 6.45) is 0. The third-order valence-electron chi connectivity index (χ3n) is 3.29. The Morgan fingerprint density at radius 2 is 1.86 bits per heavy atom. The Hall–Kier alpha value is -2.27. The lowest BCUT2D eigenvalue weighted by molar-refractivity contribution is 0.304. The number of aromatic hydroxyl groups is 1. The maximum absolute atomic E-state index is 9.76. The molecule has 5 heteroatoms. The van der Waals surface area contributed by atoms with Crippen LogP contribution >= 0.6 is 0 Å². The molecule has 0 spiro atoms. The van der Waals surface area contributed by atoms with Crippen LogP contribution in [0.25, 0.3) is 0 Å². The van der Waals surface area contributed by atoms with E-state index < -0.39 is 0 Å².